The number of ketones is 1. The first kappa shape index (κ1) is 28.3. The number of esters is 1. The number of carbonyl (C=O) groups excluding carboxylic acids is 2. The second-order valence-electron chi connectivity index (χ2n) is 9.21. The van der Waals surface area contributed by atoms with Gasteiger partial charge in [-0.25, -0.2) is 13.2 Å². The van der Waals surface area contributed by atoms with E-state index in [-0.39, 0.29) is 42.4 Å². The molecule has 4 rings (SSSR count). The molecule has 0 spiro atoms. The summed E-state index contributed by atoms with van der Waals surface area (Å²) < 4.78 is 48.5. The molecule has 1 N–H and O–H groups in total. The van der Waals surface area contributed by atoms with E-state index >= 15 is 0 Å². The van der Waals surface area contributed by atoms with E-state index in [1.54, 1.807) is 19.9 Å². The summed E-state index contributed by atoms with van der Waals surface area (Å²) in [6.45, 7) is 4.36. The van der Waals surface area contributed by atoms with Crippen molar-refractivity contribution in [2.24, 2.45) is 5.92 Å². The van der Waals surface area contributed by atoms with Gasteiger partial charge in [-0.1, -0.05) is 13.8 Å². The zero-order chi connectivity index (χ0) is 28.2. The first-order valence-electron chi connectivity index (χ1n) is 12.3. The van der Waals surface area contributed by atoms with Crippen molar-refractivity contribution >= 4 is 33.2 Å². The van der Waals surface area contributed by atoms with Gasteiger partial charge in [-0.05, 0) is 36.2 Å². The van der Waals surface area contributed by atoms with Gasteiger partial charge in [0.05, 0.1) is 23.0 Å². The molecule has 13 nitrogen and oxygen atoms in total. The Kier molecular flexibility index (Phi) is 8.67. The molecule has 14 heteroatoms. The topological polar surface area (TPSA) is 164 Å². The molecular weight excluding hydrogens is 534 g/mol. The van der Waals surface area contributed by atoms with Crippen LogP contribution in [-0.4, -0.2) is 81.6 Å². The van der Waals surface area contributed by atoms with E-state index in [1.807, 2.05) is 0 Å². The van der Waals surface area contributed by atoms with Gasteiger partial charge in [0.25, 0.3) is 5.69 Å². The standard InChI is InChI=1S/C25H29N3O10S/c1-16(2)24(25(30)38-15-21(29)17-3-6-22-23(13-17)37-12-11-36-22)26-19-5-4-18(14-20(19)28(31)32)39(33,34)27-7-9-35-10-8-27/h3-6,13-14,16,24,26H,7-12,15H2,1-2H3/t24-/m0/s1. The number of fused-ring (bicyclic) bond motifs is 1. The summed E-state index contributed by atoms with van der Waals surface area (Å²) in [6, 6.07) is 7.04. The molecule has 2 aliphatic rings. The normalized spacial score (nSPS) is 16.4. The highest BCUT2D eigenvalue weighted by atomic mass is 32.2. The van der Waals surface area contributed by atoms with E-state index in [2.05, 4.69) is 5.32 Å². The van der Waals surface area contributed by atoms with E-state index in [0.717, 1.165) is 6.07 Å². The molecule has 1 fully saturated rings. The van der Waals surface area contributed by atoms with E-state index in [1.165, 1.54) is 28.6 Å². The summed E-state index contributed by atoms with van der Waals surface area (Å²) >= 11 is 0. The number of rotatable bonds is 10. The zero-order valence-electron chi connectivity index (χ0n) is 21.5. The number of nitrogens with zero attached hydrogens (tertiary/aromatic N) is 2. The van der Waals surface area contributed by atoms with Crippen molar-refractivity contribution in [3.8, 4) is 11.5 Å². The number of carbonyl (C=O) groups is 2. The molecule has 0 saturated carbocycles. The van der Waals surface area contributed by atoms with Crippen LogP contribution in [0.15, 0.2) is 41.3 Å². The third-order valence-electron chi connectivity index (χ3n) is 6.22. The van der Waals surface area contributed by atoms with Gasteiger partial charge in [-0.3, -0.25) is 14.9 Å². The third-order valence-corrected chi connectivity index (χ3v) is 8.11. The molecule has 0 radical (unpaired) electrons. The van der Waals surface area contributed by atoms with E-state index in [9.17, 15) is 28.1 Å². The first-order chi connectivity index (χ1) is 18.6. The molecule has 0 aromatic heterocycles. The summed E-state index contributed by atoms with van der Waals surface area (Å²) in [5.74, 6) is -0.712. The average Bonchev–Trinajstić information content (AvgIpc) is 2.94. The smallest absolute Gasteiger partial charge is 0.329 e. The number of sulfonamides is 1. The summed E-state index contributed by atoms with van der Waals surface area (Å²) in [6.07, 6.45) is 0. The molecule has 2 aromatic carbocycles. The van der Waals surface area contributed by atoms with Crippen LogP contribution < -0.4 is 14.8 Å². The number of morpholine rings is 1. The zero-order valence-corrected chi connectivity index (χ0v) is 22.3. The molecule has 39 heavy (non-hydrogen) atoms. The van der Waals surface area contributed by atoms with Gasteiger partial charge in [0, 0.05) is 24.7 Å². The fourth-order valence-corrected chi connectivity index (χ4v) is 5.50. The van der Waals surface area contributed by atoms with Gasteiger partial charge in [0.15, 0.2) is 23.9 Å². The van der Waals surface area contributed by atoms with Crippen LogP contribution in [0, 0.1) is 16.0 Å². The van der Waals surface area contributed by atoms with Crippen LogP contribution in [0.4, 0.5) is 11.4 Å². The minimum Gasteiger partial charge on any atom is -0.486 e. The largest absolute Gasteiger partial charge is 0.486 e. The summed E-state index contributed by atoms with van der Waals surface area (Å²) in [5.41, 5.74) is -0.307. The van der Waals surface area contributed by atoms with Gasteiger partial charge >= 0.3 is 5.97 Å². The second-order valence-corrected chi connectivity index (χ2v) is 11.1. The Bertz CT molecular complexity index is 1360. The number of nitrogens with one attached hydrogen (secondary N) is 1. The van der Waals surface area contributed by atoms with Crippen molar-refractivity contribution < 1.29 is 41.9 Å². The second kappa shape index (κ2) is 12.0. The maximum absolute atomic E-state index is 13.0. The molecular formula is C25H29N3O10S. The van der Waals surface area contributed by atoms with Crippen LogP contribution in [0.1, 0.15) is 24.2 Å². The molecule has 2 heterocycles. The van der Waals surface area contributed by atoms with E-state index in [0.29, 0.717) is 24.7 Å². The van der Waals surface area contributed by atoms with Crippen molar-refractivity contribution in [3.05, 3.63) is 52.1 Å². The van der Waals surface area contributed by atoms with Crippen molar-refractivity contribution in [2.75, 3.05) is 51.4 Å². The van der Waals surface area contributed by atoms with Gasteiger partial charge in [-0.2, -0.15) is 4.31 Å². The van der Waals surface area contributed by atoms with Gasteiger partial charge < -0.3 is 24.3 Å². The summed E-state index contributed by atoms with van der Waals surface area (Å²) in [7, 11) is -3.97. The SMILES string of the molecule is CC(C)[C@H](Nc1ccc(S(=O)(=O)N2CCOCC2)cc1[N+](=O)[O-])C(=O)OCC(=O)c1ccc2c(c1)OCCO2. The first-order valence-corrected chi connectivity index (χ1v) is 13.7. The third kappa shape index (κ3) is 6.46. The van der Waals surface area contributed by atoms with Gasteiger partial charge in [0.2, 0.25) is 10.0 Å². The van der Waals surface area contributed by atoms with Gasteiger partial charge in [-0.15, -0.1) is 0 Å². The fourth-order valence-electron chi connectivity index (χ4n) is 4.07. The van der Waals surface area contributed by atoms with Crippen LogP contribution in [0.5, 0.6) is 11.5 Å². The van der Waals surface area contributed by atoms with E-state index < -0.39 is 51.0 Å². The molecule has 1 atom stereocenters. The Labute approximate surface area is 225 Å². The molecule has 0 unspecified atom stereocenters. The number of anilines is 1. The number of ether oxygens (including phenoxy) is 4. The van der Waals surface area contributed by atoms with E-state index in [4.69, 9.17) is 18.9 Å². The van der Waals surface area contributed by atoms with Crippen molar-refractivity contribution in [3.63, 3.8) is 0 Å². The van der Waals surface area contributed by atoms with Crippen LogP contribution in [0.25, 0.3) is 0 Å². The molecule has 1 saturated heterocycles. The fraction of sp³-hybridized carbons (Fsp3) is 0.440. The average molecular weight is 564 g/mol. The van der Waals surface area contributed by atoms with Crippen molar-refractivity contribution in [1.29, 1.82) is 0 Å². The number of benzene rings is 2. The minimum absolute atomic E-state index is 0.0604. The Morgan fingerprint density at radius 3 is 2.41 bits per heavy atom. The maximum Gasteiger partial charge on any atom is 0.329 e. The van der Waals surface area contributed by atoms with Crippen LogP contribution >= 0.6 is 0 Å². The quantitative estimate of drug-likeness (QED) is 0.195. The minimum atomic E-state index is -3.97. The number of hydrogen-bond acceptors (Lipinski definition) is 11. The summed E-state index contributed by atoms with van der Waals surface area (Å²) in [5, 5.41) is 14.6. The number of hydrogen-bond donors (Lipinski definition) is 1. The van der Waals surface area contributed by atoms with Crippen molar-refractivity contribution in [2.45, 2.75) is 24.8 Å². The van der Waals surface area contributed by atoms with Crippen molar-refractivity contribution in [1.82, 2.24) is 4.31 Å². The highest BCUT2D eigenvalue weighted by Gasteiger charge is 2.31. The molecule has 2 aromatic rings. The molecule has 0 bridgehead atoms. The Morgan fingerprint density at radius 2 is 1.74 bits per heavy atom. The Hall–Kier alpha value is -3.75. The number of Topliss-reactive ketones (excluding diaryl/α,β-unsaturated/α-hetero) is 1. The molecule has 0 amide bonds. The predicted molar refractivity (Wildman–Crippen MR) is 138 cm³/mol. The van der Waals surface area contributed by atoms with Gasteiger partial charge in [0.1, 0.15) is 24.9 Å². The monoisotopic (exact) mass is 563 g/mol. The highest BCUT2D eigenvalue weighted by Crippen LogP contribution is 2.32. The number of nitro groups is 1. The van der Waals surface area contributed by atoms with Crippen LogP contribution in [0.2, 0.25) is 0 Å². The predicted octanol–water partition coefficient (Wildman–Crippen LogP) is 2.25. The molecule has 2 aliphatic heterocycles. The van der Waals surface area contributed by atoms with Crippen LogP contribution in [0.3, 0.4) is 0 Å². The summed E-state index contributed by atoms with van der Waals surface area (Å²) in [4.78, 5) is 36.4. The lowest BCUT2D eigenvalue weighted by molar-refractivity contribution is -0.384. The highest BCUT2D eigenvalue weighted by molar-refractivity contribution is 7.89. The molecule has 210 valence electrons. The maximum atomic E-state index is 13.0. The van der Waals surface area contributed by atoms with Crippen LogP contribution in [-0.2, 0) is 24.3 Å². The molecule has 0 aliphatic carbocycles. The number of nitro benzene ring substituents is 1. The lowest BCUT2D eigenvalue weighted by Crippen LogP contribution is -2.40. The lowest BCUT2D eigenvalue weighted by Gasteiger charge is -2.26. The Morgan fingerprint density at radius 1 is 1.05 bits per heavy atom. The Balaban J connectivity index is 1.47. The lowest BCUT2D eigenvalue weighted by atomic mass is 10.0.